The Morgan fingerprint density at radius 1 is 1.17 bits per heavy atom. The fourth-order valence-corrected chi connectivity index (χ4v) is 4.91. The molecule has 0 aliphatic heterocycles. The molecule has 3 nitrogen and oxygen atoms in total. The number of amides is 1. The maximum atomic E-state index is 12.1. The summed E-state index contributed by atoms with van der Waals surface area (Å²) in [7, 11) is 0. The number of hydrogen-bond acceptors (Lipinski definition) is 3. The molecule has 1 aliphatic rings. The molecular weight excluding hydrogens is 340 g/mol. The Morgan fingerprint density at radius 2 is 1.88 bits per heavy atom. The van der Waals surface area contributed by atoms with Gasteiger partial charge in [-0.1, -0.05) is 30.3 Å². The molecule has 2 aromatic heterocycles. The van der Waals surface area contributed by atoms with Crippen LogP contribution in [0.5, 0.6) is 0 Å². The summed E-state index contributed by atoms with van der Waals surface area (Å²) < 4.78 is 0. The molecule has 24 heavy (non-hydrogen) atoms. The summed E-state index contributed by atoms with van der Waals surface area (Å²) in [6.07, 6.45) is 4.63. The van der Waals surface area contributed by atoms with Crippen LogP contribution in [0.3, 0.4) is 0 Å². The van der Waals surface area contributed by atoms with E-state index in [-0.39, 0.29) is 12.4 Å². The summed E-state index contributed by atoms with van der Waals surface area (Å²) in [6, 6.07) is 10.1. The number of nitrogens with zero attached hydrogens (tertiary/aromatic N) is 1. The molecule has 0 spiro atoms. The van der Waals surface area contributed by atoms with Crippen molar-refractivity contribution in [2.45, 2.75) is 32.6 Å². The topological polar surface area (TPSA) is 56.0 Å². The van der Waals surface area contributed by atoms with Gasteiger partial charge in [0.05, 0.1) is 11.3 Å². The average molecular weight is 358 g/mol. The smallest absolute Gasteiger partial charge is 0.251 e. The first-order valence-electron chi connectivity index (χ1n) is 7.97. The summed E-state index contributed by atoms with van der Waals surface area (Å²) in [6.45, 7) is 1.88. The molecule has 5 heteroatoms. The molecule has 2 heterocycles. The average Bonchev–Trinajstić information content (AvgIpc) is 2.91. The largest absolute Gasteiger partial charge is 1.00 e. The van der Waals surface area contributed by atoms with Crippen LogP contribution in [0.4, 0.5) is 0 Å². The van der Waals surface area contributed by atoms with Gasteiger partial charge in [-0.25, -0.2) is 4.98 Å². The van der Waals surface area contributed by atoms with Gasteiger partial charge in [0, 0.05) is 15.8 Å². The van der Waals surface area contributed by atoms with Gasteiger partial charge in [0.1, 0.15) is 4.83 Å². The normalized spacial score (nSPS) is 13.4. The van der Waals surface area contributed by atoms with E-state index in [1.807, 2.05) is 37.3 Å². The number of aromatic nitrogens is 1. The first-order chi connectivity index (χ1) is 11.2. The molecule has 0 unspecified atom stereocenters. The quantitative estimate of drug-likeness (QED) is 0.750. The van der Waals surface area contributed by atoms with Crippen LogP contribution in [0, 0.1) is 6.92 Å². The van der Waals surface area contributed by atoms with Crippen molar-refractivity contribution < 1.29 is 17.2 Å². The van der Waals surface area contributed by atoms with E-state index in [9.17, 15) is 4.79 Å². The minimum absolute atomic E-state index is 0. The van der Waals surface area contributed by atoms with Crippen LogP contribution in [0.15, 0.2) is 30.3 Å². The Labute approximate surface area is 151 Å². The van der Waals surface area contributed by atoms with E-state index in [0.29, 0.717) is 5.56 Å². The van der Waals surface area contributed by atoms with Crippen LogP contribution in [0.1, 0.15) is 39.3 Å². The monoisotopic (exact) mass is 357 g/mol. The number of halogens is 1. The maximum absolute atomic E-state index is 12.1. The Kier molecular flexibility index (Phi) is 4.61. The molecule has 2 N–H and O–H groups in total. The van der Waals surface area contributed by atoms with E-state index >= 15 is 0 Å². The zero-order chi connectivity index (χ0) is 16.0. The number of carbonyl (C=O) groups excluding carboxylic acids is 1. The summed E-state index contributed by atoms with van der Waals surface area (Å²) in [5.41, 5.74) is 10.4. The molecule has 0 bridgehead atoms. The molecule has 0 fully saturated rings. The van der Waals surface area contributed by atoms with Gasteiger partial charge in [-0.15, -0.1) is 11.3 Å². The second-order valence-electron chi connectivity index (χ2n) is 6.07. The molecule has 1 aliphatic carbocycles. The molecule has 0 radical (unpaired) electrons. The number of hydrogen-bond donors (Lipinski definition) is 1. The van der Waals surface area contributed by atoms with Gasteiger partial charge in [0.25, 0.3) is 5.91 Å². The van der Waals surface area contributed by atoms with Gasteiger partial charge < -0.3 is 18.1 Å². The number of pyridine rings is 1. The van der Waals surface area contributed by atoms with E-state index in [1.165, 1.54) is 23.3 Å². The number of primary amides is 1. The zero-order valence-corrected chi connectivity index (χ0v) is 15.0. The molecule has 1 amide bonds. The third-order valence-corrected chi connectivity index (χ3v) is 5.78. The lowest BCUT2D eigenvalue weighted by molar-refractivity contribution is -0.0000130. The second kappa shape index (κ2) is 6.54. The highest BCUT2D eigenvalue weighted by Crippen LogP contribution is 2.42. The molecule has 0 saturated heterocycles. The van der Waals surface area contributed by atoms with E-state index in [2.05, 4.69) is 0 Å². The van der Waals surface area contributed by atoms with Crippen LogP contribution < -0.4 is 18.1 Å². The lowest BCUT2D eigenvalue weighted by Crippen LogP contribution is -3.00. The van der Waals surface area contributed by atoms with Crippen molar-refractivity contribution in [3.8, 4) is 11.1 Å². The molecule has 0 atom stereocenters. The van der Waals surface area contributed by atoms with E-state index in [1.54, 1.807) is 11.3 Å². The van der Waals surface area contributed by atoms with E-state index in [4.69, 9.17) is 10.7 Å². The molecule has 0 saturated carbocycles. The highest BCUT2D eigenvalue weighted by molar-refractivity contribution is 7.19. The zero-order valence-electron chi connectivity index (χ0n) is 13.4. The van der Waals surface area contributed by atoms with Gasteiger partial charge in [0.2, 0.25) is 0 Å². The fraction of sp³-hybridized carbons (Fsp3) is 0.263. The van der Waals surface area contributed by atoms with Crippen LogP contribution in [0.2, 0.25) is 0 Å². The van der Waals surface area contributed by atoms with Gasteiger partial charge in [-0.05, 0) is 43.7 Å². The van der Waals surface area contributed by atoms with Crippen molar-refractivity contribution in [3.05, 3.63) is 52.0 Å². The third-order valence-electron chi connectivity index (χ3n) is 4.59. The summed E-state index contributed by atoms with van der Waals surface area (Å²) in [5, 5.41) is 1.15. The third kappa shape index (κ3) is 2.60. The molecular formula is C19H18ClN2OS-. The number of fused-ring (bicyclic) bond motifs is 3. The van der Waals surface area contributed by atoms with Crippen LogP contribution in [-0.4, -0.2) is 10.9 Å². The van der Waals surface area contributed by atoms with E-state index in [0.717, 1.165) is 39.9 Å². The number of nitrogens with two attached hydrogens (primary N) is 1. The van der Waals surface area contributed by atoms with Crippen LogP contribution >= 0.6 is 11.3 Å². The van der Waals surface area contributed by atoms with Crippen molar-refractivity contribution in [3.63, 3.8) is 0 Å². The Balaban J connectivity index is 0.00000169. The van der Waals surface area contributed by atoms with Gasteiger partial charge in [-0.2, -0.15) is 0 Å². The number of aryl methyl sites for hydroxylation is 3. The number of carbonyl (C=O) groups is 1. The molecule has 4 rings (SSSR count). The summed E-state index contributed by atoms with van der Waals surface area (Å²) in [5.74, 6) is -0.397. The van der Waals surface area contributed by atoms with Crippen LogP contribution in [0.25, 0.3) is 21.3 Å². The van der Waals surface area contributed by atoms with Gasteiger partial charge in [-0.3, -0.25) is 4.79 Å². The molecule has 124 valence electrons. The predicted octanol–water partition coefficient (Wildman–Crippen LogP) is 1.25. The minimum Gasteiger partial charge on any atom is -1.00 e. The highest BCUT2D eigenvalue weighted by atomic mass is 35.5. The highest BCUT2D eigenvalue weighted by Gasteiger charge is 2.25. The SMILES string of the molecule is Cc1nc2sc3c(c2c(-c2ccccc2)c1C(N)=O)CCCC3.[Cl-]. The first kappa shape index (κ1) is 16.9. The van der Waals surface area contributed by atoms with Crippen molar-refractivity contribution in [1.82, 2.24) is 4.98 Å². The standard InChI is InChI=1S/C19H18N2OS.ClH/c1-11-15(18(20)22)16(12-7-3-2-4-8-12)17-13-9-5-6-10-14(13)23-19(17)21-11;/h2-4,7-8H,5-6,9-10H2,1H3,(H2,20,22);1H/p-1. The Hall–Kier alpha value is -1.91. The number of benzene rings is 1. The van der Waals surface area contributed by atoms with Crippen molar-refractivity contribution >= 4 is 27.5 Å². The maximum Gasteiger partial charge on any atom is 0.251 e. The summed E-state index contributed by atoms with van der Waals surface area (Å²) in [4.78, 5) is 19.3. The lowest BCUT2D eigenvalue weighted by atomic mass is 9.89. The van der Waals surface area contributed by atoms with Crippen LogP contribution in [-0.2, 0) is 12.8 Å². The lowest BCUT2D eigenvalue weighted by Gasteiger charge is -2.15. The number of rotatable bonds is 2. The van der Waals surface area contributed by atoms with E-state index < -0.39 is 5.91 Å². The summed E-state index contributed by atoms with van der Waals surface area (Å²) >= 11 is 1.78. The Bertz CT molecular complexity index is 918. The van der Waals surface area contributed by atoms with Gasteiger partial charge >= 0.3 is 0 Å². The van der Waals surface area contributed by atoms with Gasteiger partial charge in [0.15, 0.2) is 0 Å². The fourth-order valence-electron chi connectivity index (χ4n) is 3.60. The van der Waals surface area contributed by atoms with Crippen molar-refractivity contribution in [1.29, 1.82) is 0 Å². The predicted molar refractivity (Wildman–Crippen MR) is 95.0 cm³/mol. The second-order valence-corrected chi connectivity index (χ2v) is 7.15. The molecule has 3 aromatic rings. The number of thiophene rings is 1. The first-order valence-corrected chi connectivity index (χ1v) is 8.78. The van der Waals surface area contributed by atoms with Crippen molar-refractivity contribution in [2.24, 2.45) is 5.73 Å². The molecule has 1 aromatic carbocycles. The van der Waals surface area contributed by atoms with Crippen molar-refractivity contribution in [2.75, 3.05) is 0 Å². The Morgan fingerprint density at radius 3 is 2.58 bits per heavy atom. The minimum atomic E-state index is -0.397.